The van der Waals surface area contributed by atoms with E-state index in [1.165, 1.54) is 25.5 Å². The number of aromatic nitrogens is 1. The summed E-state index contributed by atoms with van der Waals surface area (Å²) in [5.74, 6) is 6.40. The maximum atomic E-state index is 13.3. The van der Waals surface area contributed by atoms with E-state index in [0.29, 0.717) is 22.7 Å². The number of carbonyl (C=O) groups is 1. The highest BCUT2D eigenvalue weighted by Gasteiger charge is 2.32. The van der Waals surface area contributed by atoms with Gasteiger partial charge in [0.1, 0.15) is 11.7 Å². The van der Waals surface area contributed by atoms with Crippen LogP contribution < -0.4 is 16.4 Å². The van der Waals surface area contributed by atoms with Gasteiger partial charge in [-0.05, 0) is 62.1 Å². The first kappa shape index (κ1) is 27.8. The third-order valence-corrected chi connectivity index (χ3v) is 7.14. The number of carbonyl (C=O) groups excluding carboxylic acids is 1. The van der Waals surface area contributed by atoms with Gasteiger partial charge in [0, 0.05) is 36.1 Å². The van der Waals surface area contributed by atoms with E-state index < -0.39 is 17.6 Å². The molecule has 0 unspecified atom stereocenters. The first-order valence-electron chi connectivity index (χ1n) is 12.9. The molecule has 0 atom stereocenters. The van der Waals surface area contributed by atoms with Crippen LogP contribution in [0.1, 0.15) is 81.9 Å². The summed E-state index contributed by atoms with van der Waals surface area (Å²) in [6, 6.07) is 8.97. The Bertz CT molecular complexity index is 1470. The largest absolute Gasteiger partial charge is 0.416 e. The zero-order valence-electron chi connectivity index (χ0n) is 22.2. The van der Waals surface area contributed by atoms with E-state index in [1.54, 1.807) is 25.2 Å². The Morgan fingerprint density at radius 2 is 1.69 bits per heavy atom. The molecule has 9 heteroatoms. The molecule has 1 heterocycles. The molecular weight excluding hydrogens is 503 g/mol. The predicted molar refractivity (Wildman–Crippen MR) is 148 cm³/mol. The fourth-order valence-corrected chi connectivity index (χ4v) is 5.03. The fraction of sp³-hybridized carbons (Fsp3) is 0.333. The Balaban J connectivity index is 1.64. The van der Waals surface area contributed by atoms with Crippen LogP contribution >= 0.6 is 0 Å². The maximum Gasteiger partial charge on any atom is 0.416 e. The van der Waals surface area contributed by atoms with Gasteiger partial charge in [-0.25, -0.2) is 0 Å². The molecule has 1 amide bonds. The molecule has 2 aromatic carbocycles. The minimum atomic E-state index is -4.51. The van der Waals surface area contributed by atoms with E-state index in [0.717, 1.165) is 43.1 Å². The van der Waals surface area contributed by atoms with Crippen molar-refractivity contribution in [1.29, 1.82) is 5.41 Å². The second kappa shape index (κ2) is 11.3. The van der Waals surface area contributed by atoms with Crippen LogP contribution in [0.5, 0.6) is 0 Å². The van der Waals surface area contributed by atoms with Gasteiger partial charge in [-0.2, -0.15) is 13.2 Å². The normalized spacial score (nSPS) is 13.9. The molecule has 6 nitrogen and oxygen atoms in total. The number of alkyl halides is 3. The van der Waals surface area contributed by atoms with Crippen LogP contribution in [0.25, 0.3) is 0 Å². The van der Waals surface area contributed by atoms with Gasteiger partial charge in [-0.3, -0.25) is 10.2 Å². The molecule has 4 rings (SSSR count). The van der Waals surface area contributed by atoms with Gasteiger partial charge in [0.2, 0.25) is 0 Å². The monoisotopic (exact) mass is 535 g/mol. The Kier molecular flexibility index (Phi) is 8.05. The van der Waals surface area contributed by atoms with Crippen molar-refractivity contribution < 1.29 is 18.0 Å². The van der Waals surface area contributed by atoms with Crippen molar-refractivity contribution in [3.8, 4) is 11.8 Å². The molecule has 3 aromatic rings. The van der Waals surface area contributed by atoms with Gasteiger partial charge in [0.15, 0.2) is 0 Å². The summed E-state index contributed by atoms with van der Waals surface area (Å²) in [7, 11) is 1.80. The van der Waals surface area contributed by atoms with Gasteiger partial charge in [0.05, 0.1) is 16.7 Å². The Hall–Kier alpha value is -4.19. The first-order chi connectivity index (χ1) is 18.5. The van der Waals surface area contributed by atoms with Crippen LogP contribution in [0.4, 0.5) is 24.7 Å². The lowest BCUT2D eigenvalue weighted by molar-refractivity contribution is -0.138. The van der Waals surface area contributed by atoms with Crippen molar-refractivity contribution in [2.24, 2.45) is 5.73 Å². The van der Waals surface area contributed by atoms with Gasteiger partial charge in [-0.1, -0.05) is 43.2 Å². The molecule has 1 aromatic heterocycles. The van der Waals surface area contributed by atoms with Crippen molar-refractivity contribution in [1.82, 2.24) is 4.57 Å². The number of benzene rings is 2. The number of anilines is 2. The lowest BCUT2D eigenvalue weighted by Crippen LogP contribution is -2.17. The summed E-state index contributed by atoms with van der Waals surface area (Å²) in [6.07, 6.45) is 3.04. The minimum absolute atomic E-state index is 0.0564. The summed E-state index contributed by atoms with van der Waals surface area (Å²) < 4.78 is 42.0. The van der Waals surface area contributed by atoms with Crippen LogP contribution in [-0.2, 0) is 6.18 Å². The minimum Gasteiger partial charge on any atom is -0.384 e. The summed E-state index contributed by atoms with van der Waals surface area (Å²) >= 11 is 0. The lowest BCUT2D eigenvalue weighted by atomic mass is 9.95. The molecule has 39 heavy (non-hydrogen) atoms. The SMILES string of the molecule is CNc1c(C(=N)N)c(C#Cc2cc(C(=O)Nc3ccc(C)c(C(F)(F)F)c3)ccc2C)cn1C1CCCCC1. The summed E-state index contributed by atoms with van der Waals surface area (Å²) in [4.78, 5) is 12.9. The van der Waals surface area contributed by atoms with Gasteiger partial charge in [-0.15, -0.1) is 0 Å². The van der Waals surface area contributed by atoms with Crippen molar-refractivity contribution in [3.05, 3.63) is 81.5 Å². The predicted octanol–water partition coefficient (Wildman–Crippen LogP) is 6.61. The highest BCUT2D eigenvalue weighted by molar-refractivity contribution is 6.05. The second-order valence-corrected chi connectivity index (χ2v) is 9.89. The number of hydrogen-bond acceptors (Lipinski definition) is 3. The summed E-state index contributed by atoms with van der Waals surface area (Å²) in [5.41, 5.74) is 8.15. The van der Waals surface area contributed by atoms with E-state index in [4.69, 9.17) is 11.1 Å². The maximum absolute atomic E-state index is 13.3. The summed E-state index contributed by atoms with van der Waals surface area (Å²) in [5, 5.41) is 13.9. The summed E-state index contributed by atoms with van der Waals surface area (Å²) in [6.45, 7) is 3.24. The number of nitrogens with zero attached hydrogens (tertiary/aromatic N) is 1. The molecule has 1 saturated carbocycles. The van der Waals surface area contributed by atoms with Gasteiger partial charge >= 0.3 is 6.18 Å². The number of amidine groups is 1. The van der Waals surface area contributed by atoms with Gasteiger partial charge in [0.25, 0.3) is 5.91 Å². The Morgan fingerprint density at radius 3 is 2.33 bits per heavy atom. The van der Waals surface area contributed by atoms with Crippen LogP contribution in [0, 0.1) is 31.1 Å². The number of rotatable bonds is 5. The van der Waals surface area contributed by atoms with Crippen molar-refractivity contribution in [2.45, 2.75) is 58.2 Å². The third-order valence-electron chi connectivity index (χ3n) is 7.14. The zero-order valence-corrected chi connectivity index (χ0v) is 22.2. The Labute approximate surface area is 226 Å². The number of aryl methyl sites for hydroxylation is 2. The molecule has 0 saturated heterocycles. The van der Waals surface area contributed by atoms with Crippen LogP contribution in [0.2, 0.25) is 0 Å². The fourth-order valence-electron chi connectivity index (χ4n) is 5.03. The zero-order chi connectivity index (χ0) is 28.3. The molecule has 0 radical (unpaired) electrons. The first-order valence-corrected chi connectivity index (χ1v) is 12.9. The molecule has 1 aliphatic carbocycles. The highest BCUT2D eigenvalue weighted by Crippen LogP contribution is 2.35. The quantitative estimate of drug-likeness (QED) is 0.168. The van der Waals surface area contributed by atoms with Crippen molar-refractivity contribution in [3.63, 3.8) is 0 Å². The van der Waals surface area contributed by atoms with E-state index >= 15 is 0 Å². The van der Waals surface area contributed by atoms with Crippen molar-refractivity contribution in [2.75, 3.05) is 17.7 Å². The Morgan fingerprint density at radius 1 is 1.03 bits per heavy atom. The average molecular weight is 536 g/mol. The number of halogens is 3. The number of nitrogens with two attached hydrogens (primary N) is 1. The smallest absolute Gasteiger partial charge is 0.384 e. The molecule has 1 fully saturated rings. The molecule has 0 bridgehead atoms. The molecule has 0 aliphatic heterocycles. The molecule has 204 valence electrons. The number of nitrogens with one attached hydrogen (secondary N) is 3. The molecule has 0 spiro atoms. The molecule has 5 N–H and O–H groups in total. The topological polar surface area (TPSA) is 95.9 Å². The van der Waals surface area contributed by atoms with E-state index in [2.05, 4.69) is 27.0 Å². The van der Waals surface area contributed by atoms with Gasteiger partial charge < -0.3 is 20.9 Å². The van der Waals surface area contributed by atoms with E-state index in [9.17, 15) is 18.0 Å². The standard InChI is InChI=1S/C30H32F3N5O/c1-18-9-11-21(29(39)37-23-14-10-19(2)25(16-23)30(31,32)33)15-20(18)12-13-22-17-38(24-7-5-4-6-8-24)28(36-3)26(22)27(34)35/h9-11,14-17,24,36H,4-8H2,1-3H3,(H3,34,35)(H,37,39). The van der Waals surface area contributed by atoms with E-state index in [-0.39, 0.29) is 22.6 Å². The number of amides is 1. The average Bonchev–Trinajstić information content (AvgIpc) is 3.28. The van der Waals surface area contributed by atoms with E-state index in [1.807, 2.05) is 13.1 Å². The van der Waals surface area contributed by atoms with Crippen LogP contribution in [0.15, 0.2) is 42.6 Å². The highest BCUT2D eigenvalue weighted by atomic mass is 19.4. The number of nitrogen functional groups attached to an aromatic ring is 1. The second-order valence-electron chi connectivity index (χ2n) is 9.89. The van der Waals surface area contributed by atoms with Crippen molar-refractivity contribution >= 4 is 23.2 Å². The molecular formula is C30H32F3N5O. The van der Waals surface area contributed by atoms with Crippen LogP contribution in [0.3, 0.4) is 0 Å². The molecule has 1 aliphatic rings. The number of hydrogen-bond donors (Lipinski definition) is 4. The third kappa shape index (κ3) is 6.11. The van der Waals surface area contributed by atoms with Crippen LogP contribution in [-0.4, -0.2) is 23.4 Å². The lowest BCUT2D eigenvalue weighted by Gasteiger charge is -2.25.